The number of hydrazone groups is 1. The lowest BCUT2D eigenvalue weighted by molar-refractivity contribution is -0.136. The molecule has 0 saturated carbocycles. The summed E-state index contributed by atoms with van der Waals surface area (Å²) in [5, 5.41) is 6.72. The van der Waals surface area contributed by atoms with Crippen LogP contribution < -0.4 is 20.2 Å². The highest BCUT2D eigenvalue weighted by Crippen LogP contribution is 2.30. The topological polar surface area (TPSA) is 89.0 Å². The van der Waals surface area contributed by atoms with Crippen LogP contribution in [0.1, 0.15) is 11.1 Å². The number of ether oxygens (including phenoxy) is 2. The lowest BCUT2D eigenvalue weighted by Crippen LogP contribution is -2.32. The molecule has 2 amide bonds. The standard InChI is InChI=1S/C23H17Cl3FN3O4/c1-33-20-9-13(5-8-19(20)34-12-14-6-7-15(27)10-17(14)25)11-28-30-23(32)22(31)29-18-4-2-3-16(24)21(18)26/h2-11H,12H2,1H3,(H,29,31)(H,30,32)/b28-11+. The van der Waals surface area contributed by atoms with E-state index < -0.39 is 17.6 Å². The fourth-order valence-electron chi connectivity index (χ4n) is 2.67. The quantitative estimate of drug-likeness (QED) is 0.244. The summed E-state index contributed by atoms with van der Waals surface area (Å²) in [6.45, 7) is 0.102. The average molecular weight is 525 g/mol. The molecule has 0 atom stereocenters. The molecule has 0 fully saturated rings. The summed E-state index contributed by atoms with van der Waals surface area (Å²) in [4.78, 5) is 24.0. The maximum Gasteiger partial charge on any atom is 0.329 e. The highest BCUT2D eigenvalue weighted by atomic mass is 35.5. The molecule has 0 aliphatic carbocycles. The summed E-state index contributed by atoms with van der Waals surface area (Å²) < 4.78 is 24.2. The van der Waals surface area contributed by atoms with Gasteiger partial charge in [-0.1, -0.05) is 46.9 Å². The van der Waals surface area contributed by atoms with E-state index in [0.29, 0.717) is 22.6 Å². The molecule has 0 aliphatic rings. The first kappa shape index (κ1) is 25.3. The number of benzene rings is 3. The molecule has 0 bridgehead atoms. The first-order valence-corrected chi connectivity index (χ1v) is 10.7. The third-order valence-electron chi connectivity index (χ3n) is 4.37. The molecule has 3 aromatic rings. The minimum absolute atomic E-state index is 0.102. The van der Waals surface area contributed by atoms with Crippen LogP contribution >= 0.6 is 34.8 Å². The number of hydrogen-bond donors (Lipinski definition) is 2. The maximum absolute atomic E-state index is 13.2. The predicted molar refractivity (Wildman–Crippen MR) is 130 cm³/mol. The summed E-state index contributed by atoms with van der Waals surface area (Å²) >= 11 is 17.9. The summed E-state index contributed by atoms with van der Waals surface area (Å²) in [7, 11) is 1.46. The molecule has 11 heteroatoms. The molecule has 7 nitrogen and oxygen atoms in total. The second-order valence-corrected chi connectivity index (χ2v) is 7.88. The molecule has 34 heavy (non-hydrogen) atoms. The number of rotatable bonds is 7. The molecule has 3 rings (SSSR count). The Kier molecular flexibility index (Phi) is 8.70. The van der Waals surface area contributed by atoms with Gasteiger partial charge in [-0.15, -0.1) is 0 Å². The smallest absolute Gasteiger partial charge is 0.329 e. The Morgan fingerprint density at radius 1 is 1.00 bits per heavy atom. The number of methoxy groups -OCH3 is 1. The van der Waals surface area contributed by atoms with Gasteiger partial charge in [0.15, 0.2) is 11.5 Å². The zero-order chi connectivity index (χ0) is 24.7. The number of carbonyl (C=O) groups is 2. The van der Waals surface area contributed by atoms with Crippen LogP contribution in [0.15, 0.2) is 59.7 Å². The number of carbonyl (C=O) groups excluding carboxylic acids is 2. The van der Waals surface area contributed by atoms with Crippen molar-refractivity contribution in [1.82, 2.24) is 5.43 Å². The van der Waals surface area contributed by atoms with E-state index in [1.54, 1.807) is 30.3 Å². The van der Waals surface area contributed by atoms with Crippen molar-refractivity contribution in [2.24, 2.45) is 5.10 Å². The van der Waals surface area contributed by atoms with Crippen LogP contribution in [-0.4, -0.2) is 25.1 Å². The second kappa shape index (κ2) is 11.7. The van der Waals surface area contributed by atoms with Gasteiger partial charge in [0.2, 0.25) is 0 Å². The van der Waals surface area contributed by atoms with E-state index in [9.17, 15) is 14.0 Å². The summed E-state index contributed by atoms with van der Waals surface area (Å²) in [6, 6.07) is 13.6. The minimum atomic E-state index is -1.00. The molecule has 2 N–H and O–H groups in total. The van der Waals surface area contributed by atoms with Gasteiger partial charge >= 0.3 is 11.8 Å². The molecule has 0 unspecified atom stereocenters. The third-order valence-corrected chi connectivity index (χ3v) is 5.54. The van der Waals surface area contributed by atoms with Gasteiger partial charge in [-0.3, -0.25) is 9.59 Å². The van der Waals surface area contributed by atoms with Crippen molar-refractivity contribution >= 4 is 58.5 Å². The molecular formula is C23H17Cl3FN3O4. The van der Waals surface area contributed by atoms with E-state index in [1.165, 1.54) is 37.6 Å². The highest BCUT2D eigenvalue weighted by molar-refractivity contribution is 6.45. The summed E-state index contributed by atoms with van der Waals surface area (Å²) in [5.41, 5.74) is 3.48. The Balaban J connectivity index is 1.59. The number of hydrogen-bond acceptors (Lipinski definition) is 5. The molecule has 0 aliphatic heterocycles. The zero-order valence-electron chi connectivity index (χ0n) is 17.6. The van der Waals surface area contributed by atoms with E-state index in [4.69, 9.17) is 44.3 Å². The van der Waals surface area contributed by atoms with E-state index in [-0.39, 0.29) is 27.4 Å². The first-order chi connectivity index (χ1) is 16.3. The molecule has 176 valence electrons. The van der Waals surface area contributed by atoms with Crippen LogP contribution in [0.3, 0.4) is 0 Å². The summed E-state index contributed by atoms with van der Waals surface area (Å²) in [5.74, 6) is -1.60. The average Bonchev–Trinajstić information content (AvgIpc) is 2.81. The van der Waals surface area contributed by atoms with Gasteiger partial charge in [0.1, 0.15) is 12.4 Å². The lowest BCUT2D eigenvalue weighted by atomic mass is 10.2. The van der Waals surface area contributed by atoms with Crippen LogP contribution in [0.5, 0.6) is 11.5 Å². The van der Waals surface area contributed by atoms with Gasteiger partial charge in [0.25, 0.3) is 0 Å². The SMILES string of the molecule is COc1cc(/C=N/NC(=O)C(=O)Nc2cccc(Cl)c2Cl)ccc1OCc1ccc(F)cc1Cl. The molecule has 0 saturated heterocycles. The minimum Gasteiger partial charge on any atom is -0.493 e. The molecule has 0 spiro atoms. The second-order valence-electron chi connectivity index (χ2n) is 6.69. The van der Waals surface area contributed by atoms with Crippen molar-refractivity contribution in [3.05, 3.63) is 86.6 Å². The largest absolute Gasteiger partial charge is 0.493 e. The molecule has 0 radical (unpaired) electrons. The van der Waals surface area contributed by atoms with Crippen LogP contribution in [0.4, 0.5) is 10.1 Å². The van der Waals surface area contributed by atoms with Gasteiger partial charge in [0.05, 0.1) is 34.1 Å². The van der Waals surface area contributed by atoms with E-state index in [1.807, 2.05) is 0 Å². The summed E-state index contributed by atoms with van der Waals surface area (Å²) in [6.07, 6.45) is 1.32. The van der Waals surface area contributed by atoms with Gasteiger partial charge in [-0.05, 0) is 48.0 Å². The lowest BCUT2D eigenvalue weighted by Gasteiger charge is -2.12. The van der Waals surface area contributed by atoms with Crippen LogP contribution in [0.25, 0.3) is 0 Å². The van der Waals surface area contributed by atoms with Crippen molar-refractivity contribution in [1.29, 1.82) is 0 Å². The number of anilines is 1. The number of nitrogens with zero attached hydrogens (tertiary/aromatic N) is 1. The van der Waals surface area contributed by atoms with E-state index in [2.05, 4.69) is 15.8 Å². The fraction of sp³-hybridized carbons (Fsp3) is 0.0870. The Morgan fingerprint density at radius 2 is 1.79 bits per heavy atom. The Labute approximate surface area is 209 Å². The van der Waals surface area contributed by atoms with Crippen molar-refractivity contribution in [2.45, 2.75) is 6.61 Å². The normalized spacial score (nSPS) is 10.7. The van der Waals surface area contributed by atoms with E-state index in [0.717, 1.165) is 0 Å². The monoisotopic (exact) mass is 523 g/mol. The zero-order valence-corrected chi connectivity index (χ0v) is 19.8. The maximum atomic E-state index is 13.2. The Bertz CT molecular complexity index is 1250. The van der Waals surface area contributed by atoms with Gasteiger partial charge in [-0.25, -0.2) is 9.82 Å². The van der Waals surface area contributed by atoms with Crippen molar-refractivity contribution in [2.75, 3.05) is 12.4 Å². The number of amides is 2. The van der Waals surface area contributed by atoms with Crippen LogP contribution in [0.2, 0.25) is 15.1 Å². The molecular weight excluding hydrogens is 508 g/mol. The van der Waals surface area contributed by atoms with Gasteiger partial charge < -0.3 is 14.8 Å². The molecule has 3 aromatic carbocycles. The van der Waals surface area contributed by atoms with Crippen molar-refractivity contribution in [3.8, 4) is 11.5 Å². The Morgan fingerprint density at radius 3 is 2.53 bits per heavy atom. The first-order valence-electron chi connectivity index (χ1n) is 9.61. The van der Waals surface area contributed by atoms with Crippen LogP contribution in [0, 0.1) is 5.82 Å². The molecule has 0 aromatic heterocycles. The number of nitrogens with one attached hydrogen (secondary N) is 2. The van der Waals surface area contributed by atoms with Gasteiger partial charge in [0, 0.05) is 5.56 Å². The Hall–Kier alpha value is -3.33. The third kappa shape index (κ3) is 6.60. The fourth-order valence-corrected chi connectivity index (χ4v) is 3.24. The van der Waals surface area contributed by atoms with Crippen molar-refractivity contribution in [3.63, 3.8) is 0 Å². The van der Waals surface area contributed by atoms with Gasteiger partial charge in [-0.2, -0.15) is 5.10 Å². The molecule has 0 heterocycles. The van der Waals surface area contributed by atoms with E-state index >= 15 is 0 Å². The number of halogens is 4. The highest BCUT2D eigenvalue weighted by Gasteiger charge is 2.15. The predicted octanol–water partition coefficient (Wildman–Crippen LogP) is 5.46. The van der Waals surface area contributed by atoms with Crippen LogP contribution in [-0.2, 0) is 16.2 Å². The van der Waals surface area contributed by atoms with Crippen molar-refractivity contribution < 1.29 is 23.5 Å².